The minimum atomic E-state index is -1.55. The Balaban J connectivity index is 1.23. The van der Waals surface area contributed by atoms with Crippen molar-refractivity contribution in [3.8, 4) is 16.3 Å². The lowest BCUT2D eigenvalue weighted by Crippen LogP contribution is -2.24. The average Bonchev–Trinajstić information content (AvgIpc) is 3.40. The molecule has 1 aliphatic rings. The van der Waals surface area contributed by atoms with E-state index in [-0.39, 0.29) is 11.8 Å². The summed E-state index contributed by atoms with van der Waals surface area (Å²) in [5.41, 5.74) is 2.74. The van der Waals surface area contributed by atoms with Crippen LogP contribution < -0.4 is 15.4 Å². The van der Waals surface area contributed by atoms with Crippen molar-refractivity contribution in [1.82, 2.24) is 15.2 Å². The third-order valence-electron chi connectivity index (χ3n) is 6.54. The Kier molecular flexibility index (Phi) is 8.51. The minimum Gasteiger partial charge on any atom is -0.606 e. The number of carbonyl (C=O) groups is 2. The maximum absolute atomic E-state index is 13.2. The zero-order valence-electron chi connectivity index (χ0n) is 22.5. The van der Waals surface area contributed by atoms with Gasteiger partial charge < -0.3 is 24.8 Å². The summed E-state index contributed by atoms with van der Waals surface area (Å²) in [4.78, 5) is 34.4. The molecule has 4 aromatic rings. The number of rotatable bonds is 9. The van der Waals surface area contributed by atoms with E-state index in [4.69, 9.17) is 4.74 Å². The Morgan fingerprint density at radius 3 is 2.65 bits per heavy atom. The topological polar surface area (TPSA) is 107 Å². The number of nitrogens with one attached hydrogen (secondary N) is 2. The number of hydrogen-bond donors (Lipinski definition) is 2. The zero-order valence-corrected chi connectivity index (χ0v) is 24.2. The van der Waals surface area contributed by atoms with Crippen LogP contribution >= 0.6 is 11.3 Å². The second-order valence-electron chi connectivity index (χ2n) is 9.67. The highest BCUT2D eigenvalue weighted by Crippen LogP contribution is 2.36. The van der Waals surface area contributed by atoms with Crippen LogP contribution in [0.4, 0.5) is 5.69 Å². The fourth-order valence-electron chi connectivity index (χ4n) is 4.41. The zero-order chi connectivity index (χ0) is 28.2. The number of carbonyl (C=O) groups excluding carboxylic acids is 2. The van der Waals surface area contributed by atoms with Crippen molar-refractivity contribution in [2.75, 3.05) is 32.6 Å². The summed E-state index contributed by atoms with van der Waals surface area (Å²) in [6.45, 7) is 3.71. The SMILES string of the molecule is Cc1c(C(=O)NCc2cnc(-c3ccc(OCCCN(C)C)cc3)s2)ccc2c1NC(=O)c1ccccc1[S+]2[O-]. The average molecular weight is 575 g/mol. The number of aromatic nitrogens is 1. The van der Waals surface area contributed by atoms with E-state index >= 15 is 0 Å². The molecule has 2 heterocycles. The van der Waals surface area contributed by atoms with Gasteiger partial charge in [-0.3, -0.25) is 9.59 Å². The molecule has 1 aromatic heterocycles. The number of benzene rings is 3. The second kappa shape index (κ2) is 12.2. The molecule has 0 spiro atoms. The molecular weight excluding hydrogens is 544 g/mol. The summed E-state index contributed by atoms with van der Waals surface area (Å²) in [6, 6.07) is 18.0. The smallest absolute Gasteiger partial charge is 0.260 e. The van der Waals surface area contributed by atoms with Gasteiger partial charge in [0.05, 0.1) is 18.7 Å². The van der Waals surface area contributed by atoms with Crippen molar-refractivity contribution in [3.63, 3.8) is 0 Å². The first kappa shape index (κ1) is 27.9. The monoisotopic (exact) mass is 574 g/mol. The summed E-state index contributed by atoms with van der Waals surface area (Å²) < 4.78 is 19.0. The van der Waals surface area contributed by atoms with Crippen LogP contribution in [0.5, 0.6) is 5.75 Å². The Labute approximate surface area is 240 Å². The molecule has 0 saturated carbocycles. The standard InChI is InChI=1S/C30H30N4O4S2/c1-19-23(13-14-26-27(19)33-29(36)24-7-4-5-8-25(24)40(26)37)28(35)31-17-22-18-32-30(39-22)20-9-11-21(12-10-20)38-16-6-15-34(2)3/h4-5,7-14,18H,6,15-17H2,1-3H3,(H,31,35)(H,33,36). The fourth-order valence-corrected chi connectivity index (χ4v) is 6.65. The van der Waals surface area contributed by atoms with E-state index in [1.165, 1.54) is 11.3 Å². The lowest BCUT2D eigenvalue weighted by Gasteiger charge is -2.15. The Hall–Kier alpha value is -3.70. The van der Waals surface area contributed by atoms with Crippen molar-refractivity contribution in [2.24, 2.45) is 0 Å². The molecule has 0 bridgehead atoms. The maximum Gasteiger partial charge on any atom is 0.260 e. The van der Waals surface area contributed by atoms with Crippen molar-refractivity contribution in [2.45, 2.75) is 29.7 Å². The van der Waals surface area contributed by atoms with Gasteiger partial charge >= 0.3 is 0 Å². The molecule has 3 aromatic carbocycles. The van der Waals surface area contributed by atoms with E-state index < -0.39 is 11.2 Å². The first-order valence-electron chi connectivity index (χ1n) is 12.9. The summed E-state index contributed by atoms with van der Waals surface area (Å²) in [5, 5.41) is 6.66. The van der Waals surface area contributed by atoms with E-state index in [0.29, 0.717) is 45.3 Å². The van der Waals surface area contributed by atoms with Crippen molar-refractivity contribution in [3.05, 3.63) is 88.4 Å². The van der Waals surface area contributed by atoms with Crippen molar-refractivity contribution in [1.29, 1.82) is 0 Å². The second-order valence-corrected chi connectivity index (χ2v) is 12.2. The van der Waals surface area contributed by atoms with E-state index in [9.17, 15) is 14.1 Å². The Morgan fingerprint density at radius 1 is 1.10 bits per heavy atom. The van der Waals surface area contributed by atoms with Gasteiger partial charge in [0.2, 0.25) is 0 Å². The minimum absolute atomic E-state index is 0.284. The van der Waals surface area contributed by atoms with E-state index in [1.54, 1.807) is 49.5 Å². The van der Waals surface area contributed by atoms with Gasteiger partial charge in [-0.05, 0) is 81.5 Å². The highest BCUT2D eigenvalue weighted by Gasteiger charge is 2.32. The van der Waals surface area contributed by atoms with Gasteiger partial charge in [-0.2, -0.15) is 0 Å². The van der Waals surface area contributed by atoms with Crippen LogP contribution in [-0.2, 0) is 17.7 Å². The van der Waals surface area contributed by atoms with Crippen LogP contribution in [0.15, 0.2) is 76.7 Å². The van der Waals surface area contributed by atoms with Crippen LogP contribution in [0.25, 0.3) is 10.6 Å². The number of anilines is 1. The van der Waals surface area contributed by atoms with Gasteiger partial charge in [0.1, 0.15) is 16.4 Å². The lowest BCUT2D eigenvalue weighted by atomic mass is 10.1. The van der Waals surface area contributed by atoms with Crippen LogP contribution in [0.3, 0.4) is 0 Å². The van der Waals surface area contributed by atoms with Crippen LogP contribution in [0.2, 0.25) is 0 Å². The molecular formula is C30H30N4O4S2. The summed E-state index contributed by atoms with van der Waals surface area (Å²) in [7, 11) is 4.09. The van der Waals surface area contributed by atoms with Crippen molar-refractivity contribution >= 4 is 40.0 Å². The van der Waals surface area contributed by atoms with E-state index in [0.717, 1.165) is 34.2 Å². The molecule has 5 rings (SSSR count). The molecule has 0 radical (unpaired) electrons. The van der Waals surface area contributed by atoms with Gasteiger partial charge in [-0.15, -0.1) is 11.3 Å². The predicted molar refractivity (Wildman–Crippen MR) is 158 cm³/mol. The summed E-state index contributed by atoms with van der Waals surface area (Å²) in [5.74, 6) is 0.198. The van der Waals surface area contributed by atoms with E-state index in [2.05, 4.69) is 20.5 Å². The van der Waals surface area contributed by atoms with Gasteiger partial charge in [0.15, 0.2) is 9.79 Å². The summed E-state index contributed by atoms with van der Waals surface area (Å²) in [6.07, 6.45) is 2.72. The molecule has 8 nitrogen and oxygen atoms in total. The van der Waals surface area contributed by atoms with Crippen LogP contribution in [-0.4, -0.2) is 53.5 Å². The molecule has 206 valence electrons. The fraction of sp³-hybridized carbons (Fsp3) is 0.233. The largest absolute Gasteiger partial charge is 0.606 e. The molecule has 1 aliphatic heterocycles. The molecule has 0 fully saturated rings. The number of nitrogens with zero attached hydrogens (tertiary/aromatic N) is 2. The highest BCUT2D eigenvalue weighted by molar-refractivity contribution is 7.91. The van der Waals surface area contributed by atoms with Crippen LogP contribution in [0, 0.1) is 6.92 Å². The number of ether oxygens (including phenoxy) is 1. The summed E-state index contributed by atoms with van der Waals surface area (Å²) >= 11 is -0.0383. The lowest BCUT2D eigenvalue weighted by molar-refractivity contribution is 0.0949. The normalized spacial score (nSPS) is 14.2. The Morgan fingerprint density at radius 2 is 1.88 bits per heavy atom. The Bertz CT molecular complexity index is 1540. The molecule has 2 N–H and O–H groups in total. The molecule has 1 unspecified atom stereocenters. The number of hydrogen-bond acceptors (Lipinski definition) is 7. The number of fused-ring (bicyclic) bond motifs is 2. The predicted octanol–water partition coefficient (Wildman–Crippen LogP) is 5.11. The van der Waals surface area contributed by atoms with Crippen LogP contribution in [0.1, 0.15) is 37.6 Å². The highest BCUT2D eigenvalue weighted by atomic mass is 32.2. The third-order valence-corrected chi connectivity index (χ3v) is 9.08. The molecule has 2 amide bonds. The van der Waals surface area contributed by atoms with Gasteiger partial charge in [-0.1, -0.05) is 12.1 Å². The third kappa shape index (κ3) is 6.05. The van der Waals surface area contributed by atoms with Gasteiger partial charge in [0.25, 0.3) is 11.8 Å². The number of amides is 2. The van der Waals surface area contributed by atoms with Crippen molar-refractivity contribution < 1.29 is 18.9 Å². The molecule has 0 aliphatic carbocycles. The molecule has 1 atom stereocenters. The number of thiazole rings is 1. The van der Waals surface area contributed by atoms with E-state index in [1.807, 2.05) is 38.4 Å². The van der Waals surface area contributed by atoms with Gasteiger partial charge in [0, 0.05) is 39.9 Å². The quantitative estimate of drug-likeness (QED) is 0.213. The molecule has 0 saturated heterocycles. The maximum atomic E-state index is 13.2. The first-order chi connectivity index (χ1) is 19.3. The first-order valence-corrected chi connectivity index (χ1v) is 14.8. The van der Waals surface area contributed by atoms with Gasteiger partial charge in [-0.25, -0.2) is 4.98 Å². The molecule has 10 heteroatoms. The molecule has 40 heavy (non-hydrogen) atoms.